The molecule has 29 heavy (non-hydrogen) atoms. The van der Waals surface area contributed by atoms with Crippen molar-refractivity contribution in [2.75, 3.05) is 13.2 Å². The molecule has 0 radical (unpaired) electrons. The van der Waals surface area contributed by atoms with Gasteiger partial charge in [0.25, 0.3) is 0 Å². The van der Waals surface area contributed by atoms with Crippen LogP contribution in [0.2, 0.25) is 0 Å². The Morgan fingerprint density at radius 3 is 2.59 bits per heavy atom. The van der Waals surface area contributed by atoms with Crippen LogP contribution in [0, 0.1) is 0 Å². The molecular weight excluding hydrogens is 388 g/mol. The Bertz CT molecular complexity index is 892. The van der Waals surface area contributed by atoms with Crippen LogP contribution in [-0.2, 0) is 4.74 Å². The predicted molar refractivity (Wildman–Crippen MR) is 98.9 cm³/mol. The van der Waals surface area contributed by atoms with Crippen LogP contribution >= 0.6 is 0 Å². The highest BCUT2D eigenvalue weighted by atomic mass is 16.7. The summed E-state index contributed by atoms with van der Waals surface area (Å²) < 4.78 is 21.4. The third kappa shape index (κ3) is 4.31. The highest BCUT2D eigenvalue weighted by Crippen LogP contribution is 2.36. The number of fused-ring (bicyclic) bond motifs is 1. The lowest BCUT2D eigenvalue weighted by Gasteiger charge is -2.39. The first-order valence-corrected chi connectivity index (χ1v) is 9.27. The van der Waals surface area contributed by atoms with E-state index in [1.165, 1.54) is 12.1 Å². The molecule has 1 aliphatic heterocycles. The van der Waals surface area contributed by atoms with E-state index in [0.29, 0.717) is 12.4 Å². The van der Waals surface area contributed by atoms with E-state index in [2.05, 4.69) is 0 Å². The van der Waals surface area contributed by atoms with Gasteiger partial charge in [0.05, 0.1) is 18.6 Å². The summed E-state index contributed by atoms with van der Waals surface area (Å²) in [5, 5.41) is 49.5. The molecule has 10 nitrogen and oxygen atoms in total. The molecular formula is C19H24O10. The van der Waals surface area contributed by atoms with Crippen molar-refractivity contribution in [3.8, 4) is 17.2 Å². The Kier molecular flexibility index (Phi) is 6.60. The second kappa shape index (κ2) is 8.97. The van der Waals surface area contributed by atoms with E-state index in [1.54, 1.807) is 6.07 Å². The van der Waals surface area contributed by atoms with E-state index in [-0.39, 0.29) is 16.7 Å². The number of unbranched alkanes of at least 4 members (excludes halogenated alkanes) is 1. The minimum atomic E-state index is -1.70. The second-order valence-electron chi connectivity index (χ2n) is 6.74. The van der Waals surface area contributed by atoms with Crippen molar-refractivity contribution in [2.24, 2.45) is 0 Å². The molecule has 10 heteroatoms. The minimum absolute atomic E-state index is 0.0707. The van der Waals surface area contributed by atoms with E-state index in [4.69, 9.17) is 18.6 Å². The summed E-state index contributed by atoms with van der Waals surface area (Å²) in [5.41, 5.74) is -1.01. The molecule has 1 saturated heterocycles. The molecule has 1 aromatic carbocycles. The topological polar surface area (TPSA) is 159 Å². The zero-order valence-electron chi connectivity index (χ0n) is 15.7. The summed E-state index contributed by atoms with van der Waals surface area (Å²) in [6.45, 7) is 1.86. The first-order chi connectivity index (χ1) is 13.9. The van der Waals surface area contributed by atoms with E-state index in [0.717, 1.165) is 12.8 Å². The average molecular weight is 412 g/mol. The number of aliphatic hydroxyl groups is 4. The van der Waals surface area contributed by atoms with Crippen LogP contribution in [0.3, 0.4) is 0 Å². The van der Waals surface area contributed by atoms with Crippen molar-refractivity contribution in [1.82, 2.24) is 0 Å². The first kappa shape index (κ1) is 21.3. The molecule has 0 aliphatic carbocycles. The molecule has 160 valence electrons. The zero-order valence-corrected chi connectivity index (χ0v) is 15.7. The van der Waals surface area contributed by atoms with Crippen LogP contribution < -0.4 is 15.1 Å². The number of hydrogen-bond acceptors (Lipinski definition) is 10. The minimum Gasteiger partial charge on any atom is -0.499 e. The highest BCUT2D eigenvalue weighted by molar-refractivity contribution is 5.86. The number of rotatable bonds is 7. The molecule has 5 atom stereocenters. The van der Waals surface area contributed by atoms with Crippen molar-refractivity contribution in [3.05, 3.63) is 28.6 Å². The molecule has 0 unspecified atom stereocenters. The molecule has 0 spiro atoms. The second-order valence-corrected chi connectivity index (χ2v) is 6.74. The third-order valence-corrected chi connectivity index (χ3v) is 4.66. The molecule has 5 N–H and O–H groups in total. The molecule has 0 saturated carbocycles. The van der Waals surface area contributed by atoms with Gasteiger partial charge >= 0.3 is 5.63 Å². The quantitative estimate of drug-likeness (QED) is 0.306. The van der Waals surface area contributed by atoms with Gasteiger partial charge in [0.2, 0.25) is 12.0 Å². The van der Waals surface area contributed by atoms with Gasteiger partial charge in [-0.05, 0) is 18.6 Å². The average Bonchev–Trinajstić information content (AvgIpc) is 2.71. The highest BCUT2D eigenvalue weighted by Gasteiger charge is 2.45. The molecule has 1 aromatic heterocycles. The van der Waals surface area contributed by atoms with Crippen molar-refractivity contribution in [1.29, 1.82) is 0 Å². The molecule has 1 fully saturated rings. The lowest BCUT2D eigenvalue weighted by Crippen LogP contribution is -2.60. The molecule has 0 amide bonds. The third-order valence-electron chi connectivity index (χ3n) is 4.66. The van der Waals surface area contributed by atoms with Gasteiger partial charge in [-0.15, -0.1) is 0 Å². The van der Waals surface area contributed by atoms with E-state index >= 15 is 0 Å². The van der Waals surface area contributed by atoms with Crippen LogP contribution in [0.1, 0.15) is 19.8 Å². The maximum absolute atomic E-state index is 12.0. The van der Waals surface area contributed by atoms with Gasteiger partial charge < -0.3 is 44.2 Å². The van der Waals surface area contributed by atoms with Gasteiger partial charge in [-0.2, -0.15) is 0 Å². The van der Waals surface area contributed by atoms with Gasteiger partial charge in [-0.1, -0.05) is 13.3 Å². The van der Waals surface area contributed by atoms with Crippen LogP contribution in [0.4, 0.5) is 0 Å². The normalized spacial score (nSPS) is 27.1. The lowest BCUT2D eigenvalue weighted by molar-refractivity contribution is -0.277. The summed E-state index contributed by atoms with van der Waals surface area (Å²) in [7, 11) is 0. The molecule has 3 rings (SSSR count). The summed E-state index contributed by atoms with van der Waals surface area (Å²) in [6, 6.07) is 4.56. The molecule has 0 bridgehead atoms. The Labute approximate surface area is 165 Å². The SMILES string of the molecule is CCCCOc1ccc2c(O[C@@H]3O[C@H](CO)[C@H](O)[C@H](O)[C@H]3O)c(O)c(=O)oc2c1. The largest absolute Gasteiger partial charge is 0.499 e. The first-order valence-electron chi connectivity index (χ1n) is 9.27. The number of ether oxygens (including phenoxy) is 3. The Morgan fingerprint density at radius 2 is 1.90 bits per heavy atom. The summed E-state index contributed by atoms with van der Waals surface area (Å²) in [6.07, 6.45) is -5.91. The zero-order chi connectivity index (χ0) is 21.1. The fraction of sp³-hybridized carbons (Fsp3) is 0.526. The van der Waals surface area contributed by atoms with Gasteiger partial charge in [0, 0.05) is 6.07 Å². The maximum atomic E-state index is 12.0. The number of hydrogen-bond donors (Lipinski definition) is 5. The van der Waals surface area contributed by atoms with Crippen molar-refractivity contribution >= 4 is 11.0 Å². The standard InChI is InChI=1S/C19H24O10/c1-2-3-6-26-9-4-5-10-11(7-9)27-18(25)16(24)17(10)29-19-15(23)14(22)13(21)12(8-20)28-19/h4-5,7,12-15,19-24H,2-3,6,8H2,1H3/t12-,13+,14+,15-,19+/m1/s1. The van der Waals surface area contributed by atoms with Crippen LogP contribution in [0.5, 0.6) is 17.2 Å². The van der Waals surface area contributed by atoms with E-state index < -0.39 is 48.7 Å². The summed E-state index contributed by atoms with van der Waals surface area (Å²) >= 11 is 0. The Hall–Kier alpha value is -2.37. The van der Waals surface area contributed by atoms with Crippen molar-refractivity contribution < 1.29 is 44.2 Å². The fourth-order valence-electron chi connectivity index (χ4n) is 2.97. The number of benzene rings is 1. The predicted octanol–water partition coefficient (Wildman–Crippen LogP) is -0.144. The lowest BCUT2D eigenvalue weighted by atomic mass is 9.99. The van der Waals surface area contributed by atoms with E-state index in [1.807, 2.05) is 6.92 Å². The van der Waals surface area contributed by atoms with Gasteiger partial charge in [0.1, 0.15) is 35.7 Å². The number of aromatic hydroxyl groups is 1. The Morgan fingerprint density at radius 1 is 1.14 bits per heavy atom. The van der Waals surface area contributed by atoms with Crippen LogP contribution in [0.15, 0.2) is 27.4 Å². The van der Waals surface area contributed by atoms with E-state index in [9.17, 15) is 30.3 Å². The van der Waals surface area contributed by atoms with Crippen LogP contribution in [0.25, 0.3) is 11.0 Å². The van der Waals surface area contributed by atoms with Crippen molar-refractivity contribution in [3.63, 3.8) is 0 Å². The molecule has 2 heterocycles. The molecule has 2 aromatic rings. The summed E-state index contributed by atoms with van der Waals surface area (Å²) in [5.74, 6) is -0.728. The Balaban J connectivity index is 1.93. The van der Waals surface area contributed by atoms with Gasteiger partial charge in [-0.3, -0.25) is 0 Å². The summed E-state index contributed by atoms with van der Waals surface area (Å²) in [4.78, 5) is 12.0. The maximum Gasteiger partial charge on any atom is 0.382 e. The molecule has 1 aliphatic rings. The monoisotopic (exact) mass is 412 g/mol. The fourth-order valence-corrected chi connectivity index (χ4v) is 2.97. The number of aliphatic hydroxyl groups excluding tert-OH is 4. The van der Waals surface area contributed by atoms with Gasteiger partial charge in [-0.25, -0.2) is 4.79 Å². The van der Waals surface area contributed by atoms with Crippen LogP contribution in [-0.4, -0.2) is 69.5 Å². The van der Waals surface area contributed by atoms with Crippen molar-refractivity contribution in [2.45, 2.75) is 50.5 Å². The van der Waals surface area contributed by atoms with Gasteiger partial charge in [0.15, 0.2) is 5.75 Å². The smallest absolute Gasteiger partial charge is 0.382 e.